The van der Waals surface area contributed by atoms with Crippen LogP contribution in [0.1, 0.15) is 31.7 Å². The molecular weight excluding hydrogens is 344 g/mol. The Morgan fingerprint density at radius 2 is 1.96 bits per heavy atom. The van der Waals surface area contributed by atoms with Gasteiger partial charge in [0, 0.05) is 18.1 Å². The summed E-state index contributed by atoms with van der Waals surface area (Å²) in [6.45, 7) is 4.83. The topological polar surface area (TPSA) is 68.7 Å². The molecule has 3 aromatic rings. The van der Waals surface area contributed by atoms with Crippen LogP contribution in [0, 0.1) is 5.92 Å². The van der Waals surface area contributed by atoms with Gasteiger partial charge in [-0.1, -0.05) is 19.0 Å². The molecule has 6 heteroatoms. The summed E-state index contributed by atoms with van der Waals surface area (Å²) in [4.78, 5) is 14.4. The van der Waals surface area contributed by atoms with Crippen molar-refractivity contribution >= 4 is 5.91 Å². The molecule has 0 aliphatic heterocycles. The van der Waals surface area contributed by atoms with E-state index in [0.29, 0.717) is 31.0 Å². The Hall–Kier alpha value is -3.02. The van der Waals surface area contributed by atoms with Crippen molar-refractivity contribution in [1.82, 2.24) is 10.1 Å². The number of aromatic nitrogens is 1. The van der Waals surface area contributed by atoms with Gasteiger partial charge in [0.1, 0.15) is 17.2 Å². The lowest BCUT2D eigenvalue weighted by atomic mass is 10.1. The van der Waals surface area contributed by atoms with Crippen LogP contribution in [-0.2, 0) is 17.9 Å². The number of amides is 1. The number of carbonyl (C=O) groups is 1. The molecule has 6 nitrogen and oxygen atoms in total. The van der Waals surface area contributed by atoms with Gasteiger partial charge >= 0.3 is 0 Å². The number of methoxy groups -OCH3 is 1. The lowest BCUT2D eigenvalue weighted by molar-refractivity contribution is -0.133. The summed E-state index contributed by atoms with van der Waals surface area (Å²) in [6, 6.07) is 13.1. The largest absolute Gasteiger partial charge is 0.497 e. The highest BCUT2D eigenvalue weighted by Crippen LogP contribution is 2.24. The third-order valence-corrected chi connectivity index (χ3v) is 4.15. The molecule has 27 heavy (non-hydrogen) atoms. The molecule has 3 rings (SSSR count). The molecule has 0 spiro atoms. The second-order valence-electron chi connectivity index (χ2n) is 6.84. The number of rotatable bonds is 8. The summed E-state index contributed by atoms with van der Waals surface area (Å²) in [5, 5.41) is 4.14. The summed E-state index contributed by atoms with van der Waals surface area (Å²) in [5.41, 5.74) is 1.60. The van der Waals surface area contributed by atoms with E-state index in [9.17, 15) is 4.79 Å². The van der Waals surface area contributed by atoms with Crippen molar-refractivity contribution in [2.45, 2.75) is 33.4 Å². The van der Waals surface area contributed by atoms with Crippen molar-refractivity contribution in [3.05, 3.63) is 60.2 Å². The van der Waals surface area contributed by atoms with Gasteiger partial charge < -0.3 is 18.6 Å². The fourth-order valence-electron chi connectivity index (χ4n) is 2.77. The number of benzene rings is 1. The molecule has 0 atom stereocenters. The summed E-state index contributed by atoms with van der Waals surface area (Å²) < 4.78 is 16.0. The van der Waals surface area contributed by atoms with E-state index in [0.717, 1.165) is 17.1 Å². The van der Waals surface area contributed by atoms with E-state index in [-0.39, 0.29) is 11.8 Å². The molecule has 0 N–H and O–H groups in total. The Bertz CT molecular complexity index is 851. The van der Waals surface area contributed by atoms with Crippen molar-refractivity contribution in [2.75, 3.05) is 7.11 Å². The Morgan fingerprint density at radius 1 is 1.19 bits per heavy atom. The Balaban J connectivity index is 1.74. The fraction of sp³-hybridized carbons (Fsp3) is 0.333. The molecule has 1 aromatic carbocycles. The number of furan rings is 1. The Morgan fingerprint density at radius 3 is 2.59 bits per heavy atom. The van der Waals surface area contributed by atoms with Crippen LogP contribution in [0.5, 0.6) is 5.75 Å². The maximum absolute atomic E-state index is 12.6. The fourth-order valence-corrected chi connectivity index (χ4v) is 2.77. The Kier molecular flexibility index (Phi) is 5.96. The van der Waals surface area contributed by atoms with Crippen LogP contribution < -0.4 is 4.74 Å². The second kappa shape index (κ2) is 8.58. The zero-order valence-corrected chi connectivity index (χ0v) is 15.8. The minimum atomic E-state index is 0.0652. The zero-order valence-electron chi connectivity index (χ0n) is 15.8. The molecule has 0 aliphatic carbocycles. The van der Waals surface area contributed by atoms with Crippen LogP contribution in [0.25, 0.3) is 11.3 Å². The van der Waals surface area contributed by atoms with E-state index >= 15 is 0 Å². The van der Waals surface area contributed by atoms with Crippen LogP contribution in [-0.4, -0.2) is 23.1 Å². The van der Waals surface area contributed by atoms with Crippen molar-refractivity contribution in [3.8, 4) is 17.1 Å². The van der Waals surface area contributed by atoms with Gasteiger partial charge in [0.05, 0.1) is 26.5 Å². The lowest BCUT2D eigenvalue weighted by Gasteiger charge is -2.21. The summed E-state index contributed by atoms with van der Waals surface area (Å²) >= 11 is 0. The number of nitrogens with zero attached hydrogens (tertiary/aromatic N) is 2. The van der Waals surface area contributed by atoms with Crippen molar-refractivity contribution in [1.29, 1.82) is 0 Å². The maximum atomic E-state index is 12.6. The molecular formula is C21H24N2O4. The third kappa shape index (κ3) is 5.00. The molecule has 0 fully saturated rings. The average Bonchev–Trinajstić information content (AvgIpc) is 3.33. The van der Waals surface area contributed by atoms with Crippen molar-refractivity contribution in [3.63, 3.8) is 0 Å². The molecule has 2 heterocycles. The van der Waals surface area contributed by atoms with Crippen molar-refractivity contribution in [2.24, 2.45) is 5.92 Å². The standard InChI is InChI=1S/C21H24N2O4/c1-15(2)11-21(24)23(14-19-5-4-10-26-19)13-17-12-20(27-22-17)16-6-8-18(25-3)9-7-16/h4-10,12,15H,11,13-14H2,1-3H3. The highest BCUT2D eigenvalue weighted by Gasteiger charge is 2.19. The number of ether oxygens (including phenoxy) is 1. The first-order valence-corrected chi connectivity index (χ1v) is 8.95. The van der Waals surface area contributed by atoms with Crippen LogP contribution in [0.4, 0.5) is 0 Å². The first kappa shape index (κ1) is 18.8. The van der Waals surface area contributed by atoms with Gasteiger partial charge in [0.15, 0.2) is 5.76 Å². The maximum Gasteiger partial charge on any atom is 0.223 e. The van der Waals surface area contributed by atoms with Crippen LogP contribution in [0.15, 0.2) is 57.7 Å². The van der Waals surface area contributed by atoms with Gasteiger partial charge in [-0.15, -0.1) is 0 Å². The first-order valence-electron chi connectivity index (χ1n) is 8.95. The Labute approximate surface area is 158 Å². The van der Waals surface area contributed by atoms with E-state index in [4.69, 9.17) is 13.7 Å². The minimum Gasteiger partial charge on any atom is -0.497 e. The second-order valence-corrected chi connectivity index (χ2v) is 6.84. The smallest absolute Gasteiger partial charge is 0.223 e. The number of carbonyl (C=O) groups excluding carboxylic acids is 1. The quantitative estimate of drug-likeness (QED) is 0.585. The first-order chi connectivity index (χ1) is 13.0. The summed E-state index contributed by atoms with van der Waals surface area (Å²) in [7, 11) is 1.63. The SMILES string of the molecule is COc1ccc(-c2cc(CN(Cc3ccco3)C(=O)CC(C)C)no2)cc1. The molecule has 142 valence electrons. The normalized spacial score (nSPS) is 11.0. The molecule has 0 saturated carbocycles. The number of hydrogen-bond donors (Lipinski definition) is 0. The number of hydrogen-bond acceptors (Lipinski definition) is 5. The van der Waals surface area contributed by atoms with Gasteiger partial charge in [-0.2, -0.15) is 0 Å². The highest BCUT2D eigenvalue weighted by atomic mass is 16.5. The average molecular weight is 368 g/mol. The molecule has 2 aromatic heterocycles. The summed E-state index contributed by atoms with van der Waals surface area (Å²) in [5.74, 6) is 2.52. The van der Waals surface area contributed by atoms with Crippen LogP contribution in [0.2, 0.25) is 0 Å². The summed E-state index contributed by atoms with van der Waals surface area (Å²) in [6.07, 6.45) is 2.09. The van der Waals surface area contributed by atoms with Gasteiger partial charge in [-0.05, 0) is 42.3 Å². The van der Waals surface area contributed by atoms with Gasteiger partial charge in [-0.25, -0.2) is 0 Å². The molecule has 0 unspecified atom stereocenters. The molecule has 0 bridgehead atoms. The van der Waals surface area contributed by atoms with Gasteiger partial charge in [0.2, 0.25) is 5.91 Å². The predicted molar refractivity (Wildman–Crippen MR) is 101 cm³/mol. The van der Waals surface area contributed by atoms with E-state index in [1.165, 1.54) is 0 Å². The van der Waals surface area contributed by atoms with Gasteiger partial charge in [0.25, 0.3) is 0 Å². The van der Waals surface area contributed by atoms with Crippen molar-refractivity contribution < 1.29 is 18.5 Å². The third-order valence-electron chi connectivity index (χ3n) is 4.15. The van der Waals surface area contributed by atoms with E-state index in [2.05, 4.69) is 5.16 Å². The molecule has 0 radical (unpaired) electrons. The van der Waals surface area contributed by atoms with E-state index in [1.54, 1.807) is 18.3 Å². The predicted octanol–water partition coefficient (Wildman–Crippen LogP) is 4.52. The highest BCUT2D eigenvalue weighted by molar-refractivity contribution is 5.76. The minimum absolute atomic E-state index is 0.0652. The lowest BCUT2D eigenvalue weighted by Crippen LogP contribution is -2.30. The molecule has 1 amide bonds. The van der Waals surface area contributed by atoms with Gasteiger partial charge in [-0.3, -0.25) is 4.79 Å². The van der Waals surface area contributed by atoms with Crippen LogP contribution in [0.3, 0.4) is 0 Å². The van der Waals surface area contributed by atoms with E-state index in [1.807, 2.05) is 56.3 Å². The zero-order chi connectivity index (χ0) is 19.2. The molecule has 0 aliphatic rings. The van der Waals surface area contributed by atoms with Crippen LogP contribution >= 0.6 is 0 Å². The molecule has 0 saturated heterocycles. The van der Waals surface area contributed by atoms with E-state index < -0.39 is 0 Å². The monoisotopic (exact) mass is 368 g/mol.